The highest BCUT2D eigenvalue weighted by Gasteiger charge is 2.38. The average molecular weight is 266 g/mol. The van der Waals surface area contributed by atoms with Crippen LogP contribution < -0.4 is 5.32 Å². The van der Waals surface area contributed by atoms with Crippen LogP contribution in [0.2, 0.25) is 0 Å². The molecule has 0 radical (unpaired) electrons. The molecule has 2 aliphatic carbocycles. The summed E-state index contributed by atoms with van der Waals surface area (Å²) in [6.45, 7) is 4.42. The Labute approximate surface area is 115 Å². The molecule has 0 aromatic heterocycles. The molecular formula is C15H26N2O2. The van der Waals surface area contributed by atoms with Gasteiger partial charge in [0.05, 0.1) is 0 Å². The van der Waals surface area contributed by atoms with E-state index in [1.54, 1.807) is 0 Å². The van der Waals surface area contributed by atoms with Gasteiger partial charge in [-0.1, -0.05) is 0 Å². The summed E-state index contributed by atoms with van der Waals surface area (Å²) in [6, 6.07) is 1.86. The number of hydrogen-bond donors (Lipinski definition) is 2. The third-order valence-corrected chi connectivity index (χ3v) is 4.96. The predicted octanol–water partition coefficient (Wildman–Crippen LogP) is 1.70. The molecule has 0 aromatic carbocycles. The fraction of sp³-hybridized carbons (Fsp3) is 0.933. The summed E-state index contributed by atoms with van der Waals surface area (Å²) in [4.78, 5) is 13.5. The van der Waals surface area contributed by atoms with Gasteiger partial charge in [0.25, 0.3) is 0 Å². The Hall–Kier alpha value is -0.610. The van der Waals surface area contributed by atoms with Crippen LogP contribution in [0.3, 0.4) is 0 Å². The quantitative estimate of drug-likeness (QED) is 0.768. The lowest BCUT2D eigenvalue weighted by atomic mass is 9.90. The first kappa shape index (κ1) is 13.4. The molecule has 2 N–H and O–H groups in total. The second-order valence-corrected chi connectivity index (χ2v) is 6.87. The summed E-state index contributed by atoms with van der Waals surface area (Å²) in [5, 5.41) is 12.8. The molecule has 2 saturated carbocycles. The molecule has 0 bridgehead atoms. The number of hydrogen-bond acceptors (Lipinski definition) is 3. The van der Waals surface area contributed by atoms with Crippen LogP contribution in [0, 0.1) is 11.8 Å². The van der Waals surface area contributed by atoms with Crippen molar-refractivity contribution in [3.8, 4) is 0 Å². The molecule has 3 atom stereocenters. The number of nitrogens with one attached hydrogen (secondary N) is 1. The molecule has 3 rings (SSSR count). The molecule has 0 spiro atoms. The lowest BCUT2D eigenvalue weighted by Crippen LogP contribution is -2.53. The zero-order valence-electron chi connectivity index (χ0n) is 11.8. The topological polar surface area (TPSA) is 52.6 Å². The minimum Gasteiger partial charge on any atom is -0.481 e. The molecule has 19 heavy (non-hydrogen) atoms. The molecule has 3 aliphatic rings. The molecule has 1 heterocycles. The van der Waals surface area contributed by atoms with E-state index >= 15 is 0 Å². The number of nitrogens with zero attached hydrogens (tertiary/aromatic N) is 1. The van der Waals surface area contributed by atoms with Crippen LogP contribution in [0.25, 0.3) is 0 Å². The number of likely N-dealkylation sites (tertiary alicyclic amines) is 1. The maximum atomic E-state index is 11.0. The number of carboxylic acid groups (broad SMARTS) is 1. The smallest absolute Gasteiger partial charge is 0.303 e. The van der Waals surface area contributed by atoms with Crippen molar-refractivity contribution in [2.24, 2.45) is 11.8 Å². The average Bonchev–Trinajstić information content (AvgIpc) is 3.20. The summed E-state index contributed by atoms with van der Waals surface area (Å²) in [6.07, 6.45) is 6.70. The van der Waals surface area contributed by atoms with E-state index in [1.807, 2.05) is 0 Å². The van der Waals surface area contributed by atoms with Crippen LogP contribution in [0.15, 0.2) is 0 Å². The van der Waals surface area contributed by atoms with Crippen molar-refractivity contribution in [2.75, 3.05) is 13.1 Å². The van der Waals surface area contributed by atoms with Gasteiger partial charge >= 0.3 is 5.97 Å². The number of carboxylic acids is 1. The van der Waals surface area contributed by atoms with Crippen LogP contribution in [-0.2, 0) is 4.79 Å². The van der Waals surface area contributed by atoms with Crippen LogP contribution in [0.4, 0.5) is 0 Å². The molecule has 108 valence electrons. The van der Waals surface area contributed by atoms with Crippen molar-refractivity contribution in [3.63, 3.8) is 0 Å². The Morgan fingerprint density at radius 1 is 1.26 bits per heavy atom. The van der Waals surface area contributed by atoms with Gasteiger partial charge in [-0.2, -0.15) is 0 Å². The Morgan fingerprint density at radius 3 is 2.58 bits per heavy atom. The third kappa shape index (κ3) is 3.69. The second-order valence-electron chi connectivity index (χ2n) is 6.87. The maximum absolute atomic E-state index is 11.0. The lowest BCUT2D eigenvalue weighted by Gasteiger charge is -2.41. The molecule has 4 nitrogen and oxygen atoms in total. The van der Waals surface area contributed by atoms with E-state index in [4.69, 9.17) is 5.11 Å². The monoisotopic (exact) mass is 266 g/mol. The highest BCUT2D eigenvalue weighted by molar-refractivity contribution is 5.67. The van der Waals surface area contributed by atoms with Gasteiger partial charge in [0.15, 0.2) is 0 Å². The molecule has 3 fully saturated rings. The van der Waals surface area contributed by atoms with Gasteiger partial charge in [-0.15, -0.1) is 0 Å². The minimum absolute atomic E-state index is 0.323. The summed E-state index contributed by atoms with van der Waals surface area (Å²) >= 11 is 0. The van der Waals surface area contributed by atoms with E-state index in [9.17, 15) is 4.79 Å². The van der Waals surface area contributed by atoms with E-state index in [2.05, 4.69) is 17.1 Å². The lowest BCUT2D eigenvalue weighted by molar-refractivity contribution is -0.138. The van der Waals surface area contributed by atoms with E-state index in [0.29, 0.717) is 30.5 Å². The fourth-order valence-corrected chi connectivity index (χ4v) is 3.55. The van der Waals surface area contributed by atoms with Crippen molar-refractivity contribution < 1.29 is 9.90 Å². The molecule has 1 saturated heterocycles. The molecular weight excluding hydrogens is 240 g/mol. The van der Waals surface area contributed by atoms with Crippen molar-refractivity contribution in [1.29, 1.82) is 0 Å². The van der Waals surface area contributed by atoms with Crippen molar-refractivity contribution >= 4 is 5.97 Å². The number of piperidine rings is 1. The van der Waals surface area contributed by atoms with Gasteiger partial charge in [0.2, 0.25) is 0 Å². The van der Waals surface area contributed by atoms with E-state index in [0.717, 1.165) is 25.4 Å². The highest BCUT2D eigenvalue weighted by atomic mass is 16.4. The zero-order chi connectivity index (χ0) is 13.4. The summed E-state index contributed by atoms with van der Waals surface area (Å²) in [5.41, 5.74) is 0. The van der Waals surface area contributed by atoms with Gasteiger partial charge in [-0.25, -0.2) is 0 Å². The Kier molecular flexibility index (Phi) is 3.81. The van der Waals surface area contributed by atoms with Crippen molar-refractivity contribution in [1.82, 2.24) is 10.2 Å². The van der Waals surface area contributed by atoms with E-state index in [-0.39, 0.29) is 0 Å². The molecule has 4 heteroatoms. The SMILES string of the molecule is CC(C1CC1)N1CC(CC(=O)O)CC(NC2CC2)C1. The molecule has 0 amide bonds. The zero-order valence-corrected chi connectivity index (χ0v) is 11.8. The van der Waals surface area contributed by atoms with Crippen LogP contribution in [0.5, 0.6) is 0 Å². The van der Waals surface area contributed by atoms with Gasteiger partial charge in [-0.05, 0) is 50.9 Å². The van der Waals surface area contributed by atoms with Gasteiger partial charge in [0, 0.05) is 37.6 Å². The van der Waals surface area contributed by atoms with Crippen molar-refractivity contribution in [3.05, 3.63) is 0 Å². The molecule has 3 unspecified atom stereocenters. The Bertz CT molecular complexity index is 339. The number of rotatable bonds is 6. The van der Waals surface area contributed by atoms with Crippen LogP contribution >= 0.6 is 0 Å². The first-order valence-corrected chi connectivity index (χ1v) is 7.83. The standard InChI is InChI=1S/C15H26N2O2/c1-10(12-2-3-12)17-8-11(7-15(18)19)6-14(9-17)16-13-4-5-13/h10-14,16H,2-9H2,1H3,(H,18,19). The second kappa shape index (κ2) is 5.41. The van der Waals surface area contributed by atoms with Crippen LogP contribution in [-0.4, -0.2) is 47.2 Å². The molecule has 0 aromatic rings. The Balaban J connectivity index is 1.59. The summed E-state index contributed by atoms with van der Waals surface area (Å²) in [7, 11) is 0. The number of aliphatic carboxylic acids is 1. The van der Waals surface area contributed by atoms with Gasteiger partial charge in [-0.3, -0.25) is 9.69 Å². The normalized spacial score (nSPS) is 34.2. The first-order valence-electron chi connectivity index (χ1n) is 7.83. The molecule has 1 aliphatic heterocycles. The minimum atomic E-state index is -0.643. The van der Waals surface area contributed by atoms with Gasteiger partial charge < -0.3 is 10.4 Å². The summed E-state index contributed by atoms with van der Waals surface area (Å²) in [5.74, 6) is 0.546. The first-order chi connectivity index (χ1) is 9.11. The van der Waals surface area contributed by atoms with E-state index in [1.165, 1.54) is 25.7 Å². The Morgan fingerprint density at radius 2 is 2.00 bits per heavy atom. The number of carbonyl (C=O) groups is 1. The predicted molar refractivity (Wildman–Crippen MR) is 74.1 cm³/mol. The third-order valence-electron chi connectivity index (χ3n) is 4.96. The van der Waals surface area contributed by atoms with Crippen LogP contribution in [0.1, 0.15) is 45.4 Å². The van der Waals surface area contributed by atoms with Gasteiger partial charge in [0.1, 0.15) is 0 Å². The summed E-state index contributed by atoms with van der Waals surface area (Å²) < 4.78 is 0. The largest absolute Gasteiger partial charge is 0.481 e. The highest BCUT2D eigenvalue weighted by Crippen LogP contribution is 2.37. The van der Waals surface area contributed by atoms with E-state index < -0.39 is 5.97 Å². The van der Waals surface area contributed by atoms with Crippen molar-refractivity contribution in [2.45, 2.75) is 63.6 Å². The maximum Gasteiger partial charge on any atom is 0.303 e. The fourth-order valence-electron chi connectivity index (χ4n) is 3.55.